The zero-order chi connectivity index (χ0) is 13.8. The summed E-state index contributed by atoms with van der Waals surface area (Å²) in [5, 5.41) is 0. The van der Waals surface area contributed by atoms with Crippen LogP contribution in [0.15, 0.2) is 18.2 Å². The first-order chi connectivity index (χ1) is 9.84. The molecule has 1 aromatic rings. The maximum absolute atomic E-state index is 6.30. The average Bonchev–Trinajstić information content (AvgIpc) is 3.02. The van der Waals surface area contributed by atoms with E-state index in [4.69, 9.17) is 10.5 Å². The molecule has 1 atom stereocenters. The van der Waals surface area contributed by atoms with E-state index in [0.717, 1.165) is 24.7 Å². The molecule has 0 bridgehead atoms. The van der Waals surface area contributed by atoms with Gasteiger partial charge >= 0.3 is 0 Å². The van der Waals surface area contributed by atoms with Crippen molar-refractivity contribution in [3.8, 4) is 5.75 Å². The van der Waals surface area contributed by atoms with E-state index in [1.54, 1.807) is 0 Å². The summed E-state index contributed by atoms with van der Waals surface area (Å²) in [5.41, 5.74) is 9.25. The summed E-state index contributed by atoms with van der Waals surface area (Å²) >= 11 is 0. The van der Waals surface area contributed by atoms with Gasteiger partial charge in [-0.1, -0.05) is 25.0 Å². The van der Waals surface area contributed by atoms with Crippen molar-refractivity contribution in [2.75, 3.05) is 6.61 Å². The molecule has 3 rings (SSSR count). The third-order valence-electron chi connectivity index (χ3n) is 5.07. The van der Waals surface area contributed by atoms with Gasteiger partial charge in [-0.05, 0) is 68.1 Å². The highest BCUT2D eigenvalue weighted by atomic mass is 16.5. The molecule has 2 heteroatoms. The maximum Gasteiger partial charge on any atom is 0.122 e. The molecule has 1 saturated carbocycles. The maximum atomic E-state index is 6.30. The van der Waals surface area contributed by atoms with Crippen LogP contribution in [-0.2, 0) is 12.8 Å². The fourth-order valence-electron chi connectivity index (χ4n) is 3.81. The molecule has 1 unspecified atom stereocenters. The molecular weight excluding hydrogens is 246 g/mol. The fourth-order valence-corrected chi connectivity index (χ4v) is 3.81. The highest BCUT2D eigenvalue weighted by Crippen LogP contribution is 2.30. The first kappa shape index (κ1) is 13.9. The molecule has 0 aliphatic heterocycles. The molecule has 0 amide bonds. The van der Waals surface area contributed by atoms with Crippen LogP contribution in [0, 0.1) is 5.92 Å². The van der Waals surface area contributed by atoms with Crippen LogP contribution in [0.3, 0.4) is 0 Å². The van der Waals surface area contributed by atoms with Gasteiger partial charge in [-0.3, -0.25) is 0 Å². The number of hydrogen-bond donors (Lipinski definition) is 1. The highest BCUT2D eigenvalue weighted by Gasteiger charge is 2.22. The second kappa shape index (κ2) is 6.62. The summed E-state index contributed by atoms with van der Waals surface area (Å²) < 4.78 is 6.05. The van der Waals surface area contributed by atoms with Gasteiger partial charge in [-0.2, -0.15) is 0 Å². The Balaban J connectivity index is 1.53. The minimum absolute atomic E-state index is 0.331. The molecule has 0 saturated heterocycles. The number of fused-ring (bicyclic) bond motifs is 1. The smallest absolute Gasteiger partial charge is 0.122 e. The molecule has 0 spiro atoms. The lowest BCUT2D eigenvalue weighted by Gasteiger charge is -2.21. The molecule has 2 nitrogen and oxygen atoms in total. The minimum atomic E-state index is 0.331. The van der Waals surface area contributed by atoms with Gasteiger partial charge in [0, 0.05) is 6.04 Å². The van der Waals surface area contributed by atoms with Crippen LogP contribution in [0.4, 0.5) is 0 Å². The summed E-state index contributed by atoms with van der Waals surface area (Å²) in [5.74, 6) is 1.85. The number of hydrogen-bond acceptors (Lipinski definition) is 2. The number of rotatable bonds is 5. The van der Waals surface area contributed by atoms with Crippen molar-refractivity contribution >= 4 is 0 Å². The van der Waals surface area contributed by atoms with Gasteiger partial charge in [0.2, 0.25) is 0 Å². The Morgan fingerprint density at radius 1 is 1.10 bits per heavy atom. The van der Waals surface area contributed by atoms with E-state index in [1.807, 2.05) is 0 Å². The zero-order valence-electron chi connectivity index (χ0n) is 12.4. The number of ether oxygens (including phenoxy) is 1. The Morgan fingerprint density at radius 3 is 2.75 bits per heavy atom. The number of aryl methyl sites for hydroxylation is 1. The monoisotopic (exact) mass is 273 g/mol. The Morgan fingerprint density at radius 2 is 1.90 bits per heavy atom. The summed E-state index contributed by atoms with van der Waals surface area (Å²) in [7, 11) is 0. The van der Waals surface area contributed by atoms with E-state index in [2.05, 4.69) is 18.2 Å². The third-order valence-corrected chi connectivity index (χ3v) is 5.07. The molecule has 110 valence electrons. The van der Waals surface area contributed by atoms with Crippen molar-refractivity contribution in [3.63, 3.8) is 0 Å². The van der Waals surface area contributed by atoms with Crippen LogP contribution < -0.4 is 10.5 Å². The van der Waals surface area contributed by atoms with Gasteiger partial charge in [0.1, 0.15) is 5.75 Å². The first-order valence-electron chi connectivity index (χ1n) is 8.34. The molecule has 2 aliphatic carbocycles. The van der Waals surface area contributed by atoms with Crippen LogP contribution in [0.5, 0.6) is 5.75 Å². The van der Waals surface area contributed by atoms with Gasteiger partial charge in [0.15, 0.2) is 0 Å². The lowest BCUT2D eigenvalue weighted by molar-refractivity contribution is 0.271. The topological polar surface area (TPSA) is 35.2 Å². The lowest BCUT2D eigenvalue weighted by atomic mass is 9.91. The van der Waals surface area contributed by atoms with Gasteiger partial charge < -0.3 is 10.5 Å². The van der Waals surface area contributed by atoms with E-state index in [9.17, 15) is 0 Å². The van der Waals surface area contributed by atoms with Crippen LogP contribution >= 0.6 is 0 Å². The van der Waals surface area contributed by atoms with Crippen molar-refractivity contribution in [1.29, 1.82) is 0 Å². The third kappa shape index (κ3) is 3.17. The van der Waals surface area contributed by atoms with Crippen LogP contribution in [0.2, 0.25) is 0 Å². The van der Waals surface area contributed by atoms with E-state index >= 15 is 0 Å². The van der Waals surface area contributed by atoms with E-state index in [1.165, 1.54) is 62.5 Å². The van der Waals surface area contributed by atoms with Gasteiger partial charge in [-0.15, -0.1) is 0 Å². The predicted octanol–water partition coefficient (Wildman–Crippen LogP) is 3.85. The zero-order valence-corrected chi connectivity index (χ0v) is 12.4. The molecule has 1 fully saturated rings. The van der Waals surface area contributed by atoms with Crippen molar-refractivity contribution in [1.82, 2.24) is 0 Å². The molecule has 2 aliphatic rings. The summed E-state index contributed by atoms with van der Waals surface area (Å²) in [6, 6.07) is 6.85. The second-order valence-corrected chi connectivity index (χ2v) is 6.45. The standard InChI is InChI=1S/C18H27NO/c19-17(15-7-1-2-8-15)12-13-20-18-11-5-9-14-6-3-4-10-16(14)18/h5,9,11,15,17H,1-4,6-8,10,12-13,19H2. The van der Waals surface area contributed by atoms with Gasteiger partial charge in [-0.25, -0.2) is 0 Å². The summed E-state index contributed by atoms with van der Waals surface area (Å²) in [6.07, 6.45) is 11.4. The molecule has 1 aromatic carbocycles. The van der Waals surface area contributed by atoms with Crippen LogP contribution in [0.25, 0.3) is 0 Å². The molecule has 0 radical (unpaired) electrons. The van der Waals surface area contributed by atoms with E-state index < -0.39 is 0 Å². The molecule has 20 heavy (non-hydrogen) atoms. The lowest BCUT2D eigenvalue weighted by Crippen LogP contribution is -2.30. The summed E-state index contributed by atoms with van der Waals surface area (Å²) in [6.45, 7) is 0.772. The van der Waals surface area contributed by atoms with E-state index in [0.29, 0.717) is 6.04 Å². The van der Waals surface area contributed by atoms with Crippen molar-refractivity contribution in [3.05, 3.63) is 29.3 Å². The number of nitrogens with two attached hydrogens (primary N) is 1. The quantitative estimate of drug-likeness (QED) is 0.884. The largest absolute Gasteiger partial charge is 0.493 e. The normalized spacial score (nSPS) is 20.6. The molecule has 2 N–H and O–H groups in total. The fraction of sp³-hybridized carbons (Fsp3) is 0.667. The number of benzene rings is 1. The minimum Gasteiger partial charge on any atom is -0.493 e. The predicted molar refractivity (Wildman–Crippen MR) is 83.1 cm³/mol. The molecule has 0 heterocycles. The molecular formula is C18H27NO. The second-order valence-electron chi connectivity index (χ2n) is 6.45. The van der Waals surface area contributed by atoms with Gasteiger partial charge in [0.25, 0.3) is 0 Å². The van der Waals surface area contributed by atoms with Crippen LogP contribution in [-0.4, -0.2) is 12.6 Å². The first-order valence-corrected chi connectivity index (χ1v) is 8.34. The Bertz CT molecular complexity index is 437. The van der Waals surface area contributed by atoms with E-state index in [-0.39, 0.29) is 0 Å². The Kier molecular flexibility index (Phi) is 4.62. The highest BCUT2D eigenvalue weighted by molar-refractivity contribution is 5.41. The van der Waals surface area contributed by atoms with Crippen LogP contribution in [0.1, 0.15) is 56.1 Å². The summed E-state index contributed by atoms with van der Waals surface area (Å²) in [4.78, 5) is 0. The Hall–Kier alpha value is -1.02. The van der Waals surface area contributed by atoms with Crippen molar-refractivity contribution in [2.45, 2.75) is 63.8 Å². The van der Waals surface area contributed by atoms with Crippen molar-refractivity contribution < 1.29 is 4.74 Å². The molecule has 0 aromatic heterocycles. The van der Waals surface area contributed by atoms with Crippen molar-refractivity contribution in [2.24, 2.45) is 11.7 Å². The van der Waals surface area contributed by atoms with Gasteiger partial charge in [0.05, 0.1) is 6.61 Å². The average molecular weight is 273 g/mol. The SMILES string of the molecule is NC(CCOc1cccc2c1CCCC2)C1CCCC1. The Labute approximate surface area is 122 Å².